The van der Waals surface area contributed by atoms with E-state index in [1.165, 1.54) is 0 Å². The lowest BCUT2D eigenvalue weighted by molar-refractivity contribution is 0.00763. The van der Waals surface area contributed by atoms with Gasteiger partial charge in [-0.3, -0.25) is 5.32 Å². The van der Waals surface area contributed by atoms with E-state index in [4.69, 9.17) is 18.9 Å². The SMILES string of the molecule is CC(C)c1nnnn1[C@H]1CO[C@H]2[C@@H]1OC[C@H]2OC(=O)Nc1ccc(Oc2ccccc2)cc1. The lowest BCUT2D eigenvalue weighted by atomic mass is 10.1. The third-order valence-corrected chi connectivity index (χ3v) is 5.67. The Morgan fingerprint density at radius 2 is 1.76 bits per heavy atom. The summed E-state index contributed by atoms with van der Waals surface area (Å²) in [6.45, 7) is 4.70. The van der Waals surface area contributed by atoms with Gasteiger partial charge in [0.25, 0.3) is 0 Å². The van der Waals surface area contributed by atoms with Crippen molar-refractivity contribution in [2.75, 3.05) is 18.5 Å². The van der Waals surface area contributed by atoms with Crippen molar-refractivity contribution in [1.82, 2.24) is 20.2 Å². The number of para-hydroxylation sites is 1. The molecular weight excluding hydrogens is 426 g/mol. The summed E-state index contributed by atoms with van der Waals surface area (Å²) in [5, 5.41) is 14.8. The molecule has 2 aromatic carbocycles. The van der Waals surface area contributed by atoms with Crippen molar-refractivity contribution < 1.29 is 23.7 Å². The van der Waals surface area contributed by atoms with Gasteiger partial charge in [-0.15, -0.1) is 5.10 Å². The van der Waals surface area contributed by atoms with Crippen LogP contribution in [0.2, 0.25) is 0 Å². The fourth-order valence-electron chi connectivity index (χ4n) is 4.09. The molecule has 2 saturated heterocycles. The zero-order valence-electron chi connectivity index (χ0n) is 18.3. The zero-order valence-corrected chi connectivity index (χ0v) is 18.3. The molecule has 2 aliphatic heterocycles. The van der Waals surface area contributed by atoms with Gasteiger partial charge in [-0.25, -0.2) is 9.48 Å². The highest BCUT2D eigenvalue weighted by Crippen LogP contribution is 2.36. The molecule has 2 aliphatic rings. The van der Waals surface area contributed by atoms with Crippen LogP contribution in [-0.4, -0.2) is 57.8 Å². The number of aromatic nitrogens is 4. The highest BCUT2D eigenvalue weighted by molar-refractivity contribution is 5.84. The summed E-state index contributed by atoms with van der Waals surface area (Å²) in [7, 11) is 0. The predicted molar refractivity (Wildman–Crippen MR) is 117 cm³/mol. The number of nitrogens with one attached hydrogen (secondary N) is 1. The number of anilines is 1. The van der Waals surface area contributed by atoms with Gasteiger partial charge in [-0.05, 0) is 46.8 Å². The number of rotatable bonds is 6. The molecule has 10 nitrogen and oxygen atoms in total. The molecule has 1 amide bonds. The monoisotopic (exact) mass is 451 g/mol. The average molecular weight is 451 g/mol. The van der Waals surface area contributed by atoms with E-state index >= 15 is 0 Å². The molecule has 3 heterocycles. The van der Waals surface area contributed by atoms with Crippen LogP contribution < -0.4 is 10.1 Å². The van der Waals surface area contributed by atoms with Crippen LogP contribution in [0.15, 0.2) is 54.6 Å². The van der Waals surface area contributed by atoms with Crippen LogP contribution in [0.5, 0.6) is 11.5 Å². The Morgan fingerprint density at radius 1 is 1.03 bits per heavy atom. The molecule has 1 aromatic heterocycles. The predicted octanol–water partition coefficient (Wildman–Crippen LogP) is 3.54. The molecule has 4 atom stereocenters. The quantitative estimate of drug-likeness (QED) is 0.606. The van der Waals surface area contributed by atoms with E-state index in [9.17, 15) is 4.79 Å². The summed E-state index contributed by atoms with van der Waals surface area (Å²) in [5.74, 6) is 2.35. The molecule has 10 heteroatoms. The Morgan fingerprint density at radius 3 is 2.52 bits per heavy atom. The molecular formula is C23H25N5O5. The summed E-state index contributed by atoms with van der Waals surface area (Å²) in [4.78, 5) is 12.5. The number of fused-ring (bicyclic) bond motifs is 1. The average Bonchev–Trinajstić information content (AvgIpc) is 3.53. The molecule has 33 heavy (non-hydrogen) atoms. The van der Waals surface area contributed by atoms with Crippen molar-refractivity contribution in [3.05, 3.63) is 60.4 Å². The van der Waals surface area contributed by atoms with Crippen LogP contribution in [0.3, 0.4) is 0 Å². The normalized spacial score (nSPS) is 24.0. The molecule has 0 aliphatic carbocycles. The summed E-state index contributed by atoms with van der Waals surface area (Å²) in [5.41, 5.74) is 0.594. The molecule has 5 rings (SSSR count). The second-order valence-corrected chi connectivity index (χ2v) is 8.31. The Balaban J connectivity index is 1.16. The van der Waals surface area contributed by atoms with E-state index in [0.29, 0.717) is 18.0 Å². The molecule has 172 valence electrons. The maximum Gasteiger partial charge on any atom is 0.412 e. The molecule has 0 bridgehead atoms. The van der Waals surface area contributed by atoms with Crippen LogP contribution in [0, 0.1) is 0 Å². The number of tetrazole rings is 1. The molecule has 0 radical (unpaired) electrons. The number of nitrogens with zero attached hydrogens (tertiary/aromatic N) is 4. The van der Waals surface area contributed by atoms with Gasteiger partial charge in [0, 0.05) is 11.6 Å². The van der Waals surface area contributed by atoms with Crippen molar-refractivity contribution in [3.8, 4) is 11.5 Å². The first-order valence-electron chi connectivity index (χ1n) is 10.9. The van der Waals surface area contributed by atoms with Crippen molar-refractivity contribution in [3.63, 3.8) is 0 Å². The van der Waals surface area contributed by atoms with Crippen LogP contribution in [0.25, 0.3) is 0 Å². The fraction of sp³-hybridized carbons (Fsp3) is 0.391. The van der Waals surface area contributed by atoms with Gasteiger partial charge in [0.15, 0.2) is 11.9 Å². The number of ether oxygens (including phenoxy) is 4. The number of benzene rings is 2. The number of hydrogen-bond donors (Lipinski definition) is 1. The molecule has 3 aromatic rings. The standard InChI is InChI=1S/C23H25N5O5/c1-14(2)22-25-26-27-28(22)18-12-30-21-19(13-31-20(18)21)33-23(29)24-15-8-10-17(11-9-15)32-16-6-4-3-5-7-16/h3-11,14,18-21H,12-13H2,1-2H3,(H,24,29)/t18-,19+,20+,21+/m0/s1. The first kappa shape index (κ1) is 21.4. The minimum Gasteiger partial charge on any atom is -0.457 e. The highest BCUT2D eigenvalue weighted by atomic mass is 16.6. The van der Waals surface area contributed by atoms with Gasteiger partial charge in [0.2, 0.25) is 0 Å². The van der Waals surface area contributed by atoms with E-state index in [1.807, 2.05) is 44.2 Å². The fourth-order valence-corrected chi connectivity index (χ4v) is 4.09. The highest BCUT2D eigenvalue weighted by Gasteiger charge is 2.51. The van der Waals surface area contributed by atoms with Crippen molar-refractivity contribution in [2.45, 2.75) is 44.1 Å². The van der Waals surface area contributed by atoms with Gasteiger partial charge in [-0.1, -0.05) is 32.0 Å². The smallest absolute Gasteiger partial charge is 0.412 e. The largest absolute Gasteiger partial charge is 0.457 e. The van der Waals surface area contributed by atoms with E-state index < -0.39 is 12.2 Å². The molecule has 0 unspecified atom stereocenters. The summed E-state index contributed by atoms with van der Waals surface area (Å²) in [6.07, 6.45) is -1.73. The zero-order chi connectivity index (χ0) is 22.8. The first-order chi connectivity index (χ1) is 16.1. The summed E-state index contributed by atoms with van der Waals surface area (Å²) < 4.78 is 25.0. The van der Waals surface area contributed by atoms with Crippen molar-refractivity contribution in [2.24, 2.45) is 0 Å². The van der Waals surface area contributed by atoms with Crippen LogP contribution in [0.4, 0.5) is 10.5 Å². The minimum atomic E-state index is -0.571. The van der Waals surface area contributed by atoms with Gasteiger partial charge >= 0.3 is 6.09 Å². The maximum absolute atomic E-state index is 12.5. The van der Waals surface area contributed by atoms with Crippen LogP contribution >= 0.6 is 0 Å². The second-order valence-electron chi connectivity index (χ2n) is 8.31. The van der Waals surface area contributed by atoms with Gasteiger partial charge in [0.1, 0.15) is 29.7 Å². The summed E-state index contributed by atoms with van der Waals surface area (Å²) >= 11 is 0. The van der Waals surface area contributed by atoms with Crippen molar-refractivity contribution in [1.29, 1.82) is 0 Å². The molecule has 2 fully saturated rings. The van der Waals surface area contributed by atoms with Gasteiger partial charge in [0.05, 0.1) is 13.2 Å². The number of carbonyl (C=O) groups is 1. The second kappa shape index (κ2) is 9.16. The van der Waals surface area contributed by atoms with E-state index in [-0.39, 0.29) is 30.8 Å². The molecule has 0 saturated carbocycles. The van der Waals surface area contributed by atoms with Gasteiger partial charge in [-0.2, -0.15) is 0 Å². The van der Waals surface area contributed by atoms with E-state index in [1.54, 1.807) is 28.9 Å². The Hall–Kier alpha value is -3.50. The van der Waals surface area contributed by atoms with Crippen molar-refractivity contribution >= 4 is 11.8 Å². The first-order valence-corrected chi connectivity index (χ1v) is 10.9. The number of carbonyl (C=O) groups excluding carboxylic acids is 1. The lowest BCUT2D eigenvalue weighted by Gasteiger charge is -2.18. The lowest BCUT2D eigenvalue weighted by Crippen LogP contribution is -2.35. The van der Waals surface area contributed by atoms with Crippen LogP contribution in [0.1, 0.15) is 31.6 Å². The van der Waals surface area contributed by atoms with E-state index in [0.717, 1.165) is 11.6 Å². The molecule has 0 spiro atoms. The minimum absolute atomic E-state index is 0.156. The topological polar surface area (TPSA) is 110 Å². The summed E-state index contributed by atoms with van der Waals surface area (Å²) in [6, 6.07) is 16.4. The Labute approximate surface area is 190 Å². The Kier molecular flexibility index (Phi) is 5.93. The third-order valence-electron chi connectivity index (χ3n) is 5.67. The van der Waals surface area contributed by atoms with E-state index in [2.05, 4.69) is 20.8 Å². The number of hydrogen-bond acceptors (Lipinski definition) is 8. The Bertz CT molecular complexity index is 1090. The van der Waals surface area contributed by atoms with Gasteiger partial charge < -0.3 is 18.9 Å². The third kappa shape index (κ3) is 4.53. The molecule has 1 N–H and O–H groups in total. The number of amides is 1. The van der Waals surface area contributed by atoms with Crippen LogP contribution in [-0.2, 0) is 14.2 Å². The maximum atomic E-state index is 12.5.